The van der Waals surface area contributed by atoms with Crippen LogP contribution in [0.25, 0.3) is 0 Å². The Morgan fingerprint density at radius 2 is 1.59 bits per heavy atom. The first-order valence-corrected chi connectivity index (χ1v) is 12.8. The molecule has 1 fully saturated rings. The van der Waals surface area contributed by atoms with Crippen LogP contribution in [0.1, 0.15) is 31.7 Å². The van der Waals surface area contributed by atoms with Crippen molar-refractivity contribution in [2.75, 3.05) is 44.4 Å². The Hall–Kier alpha value is -2.42. The number of para-hydroxylation sites is 1. The molecule has 0 saturated carbocycles. The SMILES string of the molecule is CCOC(=O)C1(c2ccccc2)CCN(CCCNc2ccccc2)CC1.CS(=O)(=O)O. The van der Waals surface area contributed by atoms with E-state index in [1.807, 2.05) is 43.3 Å². The van der Waals surface area contributed by atoms with Crippen molar-refractivity contribution < 1.29 is 22.5 Å². The molecule has 0 amide bonds. The van der Waals surface area contributed by atoms with Gasteiger partial charge in [-0.05, 0) is 63.5 Å². The highest BCUT2D eigenvalue weighted by atomic mass is 32.2. The highest BCUT2D eigenvalue weighted by Crippen LogP contribution is 2.37. The summed E-state index contributed by atoms with van der Waals surface area (Å²) in [6.45, 7) is 6.18. The van der Waals surface area contributed by atoms with Gasteiger partial charge in [-0.2, -0.15) is 8.42 Å². The third-order valence-electron chi connectivity index (χ3n) is 5.46. The smallest absolute Gasteiger partial charge is 0.316 e. The molecule has 1 aliphatic heterocycles. The maximum atomic E-state index is 12.8. The summed E-state index contributed by atoms with van der Waals surface area (Å²) < 4.78 is 31.3. The molecule has 0 aromatic heterocycles. The van der Waals surface area contributed by atoms with E-state index in [1.165, 1.54) is 5.69 Å². The molecule has 3 rings (SSSR count). The van der Waals surface area contributed by atoms with Gasteiger partial charge in [-0.3, -0.25) is 9.35 Å². The Morgan fingerprint density at radius 3 is 2.12 bits per heavy atom. The van der Waals surface area contributed by atoms with Gasteiger partial charge in [0.15, 0.2) is 0 Å². The van der Waals surface area contributed by atoms with E-state index in [2.05, 4.69) is 34.5 Å². The van der Waals surface area contributed by atoms with Gasteiger partial charge in [0.1, 0.15) is 0 Å². The number of hydrogen-bond acceptors (Lipinski definition) is 6. The van der Waals surface area contributed by atoms with Crippen molar-refractivity contribution in [2.45, 2.75) is 31.6 Å². The number of benzene rings is 2. The average molecular weight is 463 g/mol. The maximum absolute atomic E-state index is 12.8. The minimum Gasteiger partial charge on any atom is -0.465 e. The highest BCUT2D eigenvalue weighted by molar-refractivity contribution is 7.85. The number of piperidine rings is 1. The predicted molar refractivity (Wildman–Crippen MR) is 127 cm³/mol. The summed E-state index contributed by atoms with van der Waals surface area (Å²) in [6.07, 6.45) is 3.45. The molecule has 176 valence electrons. The lowest BCUT2D eigenvalue weighted by Crippen LogP contribution is -2.48. The zero-order valence-corrected chi connectivity index (χ0v) is 19.7. The van der Waals surface area contributed by atoms with Crippen molar-refractivity contribution in [3.63, 3.8) is 0 Å². The quantitative estimate of drug-likeness (QED) is 0.352. The Bertz CT molecular complexity index is 904. The summed E-state index contributed by atoms with van der Waals surface area (Å²) in [4.78, 5) is 15.3. The number of hydrogen-bond donors (Lipinski definition) is 2. The number of nitrogens with zero attached hydrogens (tertiary/aromatic N) is 1. The Labute approximate surface area is 191 Å². The number of esters is 1. The van der Waals surface area contributed by atoms with E-state index in [0.717, 1.165) is 51.0 Å². The van der Waals surface area contributed by atoms with Gasteiger partial charge in [-0.1, -0.05) is 48.5 Å². The number of likely N-dealkylation sites (tertiary alicyclic amines) is 1. The van der Waals surface area contributed by atoms with Crippen LogP contribution in [-0.4, -0.2) is 62.9 Å². The minimum absolute atomic E-state index is 0.0680. The van der Waals surface area contributed by atoms with Crippen LogP contribution < -0.4 is 5.32 Å². The average Bonchev–Trinajstić information content (AvgIpc) is 2.77. The van der Waals surface area contributed by atoms with Gasteiger partial charge >= 0.3 is 5.97 Å². The number of carbonyl (C=O) groups is 1. The highest BCUT2D eigenvalue weighted by Gasteiger charge is 2.43. The summed E-state index contributed by atoms with van der Waals surface area (Å²) in [6, 6.07) is 20.5. The van der Waals surface area contributed by atoms with Gasteiger partial charge in [0, 0.05) is 12.2 Å². The summed E-state index contributed by atoms with van der Waals surface area (Å²) in [5, 5.41) is 3.46. The van der Waals surface area contributed by atoms with Gasteiger partial charge < -0.3 is 15.0 Å². The number of rotatable bonds is 8. The van der Waals surface area contributed by atoms with Crippen molar-refractivity contribution in [3.05, 3.63) is 66.2 Å². The van der Waals surface area contributed by atoms with E-state index < -0.39 is 15.5 Å². The van der Waals surface area contributed by atoms with Crippen LogP contribution in [0.5, 0.6) is 0 Å². The second kappa shape index (κ2) is 12.6. The molecule has 0 spiro atoms. The Kier molecular flexibility index (Phi) is 10.2. The molecule has 7 nitrogen and oxygen atoms in total. The second-order valence-corrected chi connectivity index (χ2v) is 9.36. The van der Waals surface area contributed by atoms with Gasteiger partial charge in [0.05, 0.1) is 18.3 Å². The van der Waals surface area contributed by atoms with E-state index in [4.69, 9.17) is 9.29 Å². The molecule has 8 heteroatoms. The van der Waals surface area contributed by atoms with Crippen LogP contribution in [0.3, 0.4) is 0 Å². The fourth-order valence-electron chi connectivity index (χ4n) is 3.89. The molecule has 0 atom stereocenters. The number of carbonyl (C=O) groups excluding carboxylic acids is 1. The summed E-state index contributed by atoms with van der Waals surface area (Å²) in [5.41, 5.74) is 1.77. The molecule has 2 N–H and O–H groups in total. The number of anilines is 1. The second-order valence-electron chi connectivity index (χ2n) is 7.89. The molecule has 2 aromatic carbocycles. The molecule has 2 aromatic rings. The normalized spacial score (nSPS) is 15.8. The first-order valence-electron chi connectivity index (χ1n) is 10.9. The number of ether oxygens (including phenoxy) is 1. The standard InChI is InChI=1S/C23H30N2O2.CH4O3S/c1-2-27-22(26)23(20-10-5-3-6-11-20)14-18-25(19-15-23)17-9-16-24-21-12-7-4-8-13-21;1-5(2,3)4/h3-8,10-13,24H,2,9,14-19H2,1H3;1H3,(H,2,3,4). The molecule has 0 aliphatic carbocycles. The molecule has 1 heterocycles. The van der Waals surface area contributed by atoms with Crippen molar-refractivity contribution in [2.24, 2.45) is 0 Å². The fourth-order valence-corrected chi connectivity index (χ4v) is 3.89. The molecule has 0 radical (unpaired) electrons. The van der Waals surface area contributed by atoms with E-state index in [1.54, 1.807) is 0 Å². The van der Waals surface area contributed by atoms with E-state index in [9.17, 15) is 13.2 Å². The fraction of sp³-hybridized carbons (Fsp3) is 0.458. The summed E-state index contributed by atoms with van der Waals surface area (Å²) >= 11 is 0. The van der Waals surface area contributed by atoms with E-state index in [0.29, 0.717) is 12.9 Å². The number of nitrogens with one attached hydrogen (secondary N) is 1. The Balaban J connectivity index is 0.000000654. The van der Waals surface area contributed by atoms with E-state index >= 15 is 0 Å². The van der Waals surface area contributed by atoms with Crippen molar-refractivity contribution in [1.29, 1.82) is 0 Å². The first-order chi connectivity index (χ1) is 15.2. The Morgan fingerprint density at radius 1 is 1.06 bits per heavy atom. The topological polar surface area (TPSA) is 95.9 Å². The largest absolute Gasteiger partial charge is 0.465 e. The first kappa shape index (κ1) is 25.8. The zero-order valence-electron chi connectivity index (χ0n) is 18.9. The van der Waals surface area contributed by atoms with Crippen LogP contribution in [-0.2, 0) is 25.1 Å². The van der Waals surface area contributed by atoms with Crippen LogP contribution in [0.4, 0.5) is 5.69 Å². The summed E-state index contributed by atoms with van der Waals surface area (Å²) in [5.74, 6) is -0.0680. The van der Waals surface area contributed by atoms with Crippen molar-refractivity contribution >= 4 is 21.8 Å². The van der Waals surface area contributed by atoms with Gasteiger partial charge in [-0.15, -0.1) is 0 Å². The maximum Gasteiger partial charge on any atom is 0.316 e. The molecule has 1 saturated heterocycles. The van der Waals surface area contributed by atoms with Crippen LogP contribution in [0.2, 0.25) is 0 Å². The lowest BCUT2D eigenvalue weighted by molar-refractivity contribution is -0.152. The molecule has 0 bridgehead atoms. The van der Waals surface area contributed by atoms with Gasteiger partial charge in [-0.25, -0.2) is 0 Å². The summed E-state index contributed by atoms with van der Waals surface area (Å²) in [7, 11) is -3.67. The zero-order chi connectivity index (χ0) is 23.5. The molecule has 1 aliphatic rings. The monoisotopic (exact) mass is 462 g/mol. The lowest BCUT2D eigenvalue weighted by Gasteiger charge is -2.40. The van der Waals surface area contributed by atoms with Gasteiger partial charge in [0.2, 0.25) is 0 Å². The lowest BCUT2D eigenvalue weighted by atomic mass is 9.72. The third-order valence-corrected chi connectivity index (χ3v) is 5.46. The third kappa shape index (κ3) is 8.61. The molecular weight excluding hydrogens is 428 g/mol. The van der Waals surface area contributed by atoms with Crippen LogP contribution in [0, 0.1) is 0 Å². The molecule has 32 heavy (non-hydrogen) atoms. The van der Waals surface area contributed by atoms with Crippen LogP contribution in [0.15, 0.2) is 60.7 Å². The van der Waals surface area contributed by atoms with Crippen LogP contribution >= 0.6 is 0 Å². The minimum atomic E-state index is -3.67. The van der Waals surface area contributed by atoms with Gasteiger partial charge in [0.25, 0.3) is 10.1 Å². The van der Waals surface area contributed by atoms with Crippen molar-refractivity contribution in [1.82, 2.24) is 4.90 Å². The molecular formula is C24H34N2O5S. The molecule has 0 unspecified atom stereocenters. The predicted octanol–water partition coefficient (Wildman–Crippen LogP) is 3.59. The van der Waals surface area contributed by atoms with Crippen molar-refractivity contribution in [3.8, 4) is 0 Å². The van der Waals surface area contributed by atoms with E-state index in [-0.39, 0.29) is 5.97 Å².